The number of nitrogens with zero attached hydrogens (tertiary/aromatic N) is 1. The van der Waals surface area contributed by atoms with Gasteiger partial charge in [-0.25, -0.2) is 4.79 Å². The first-order valence-electron chi connectivity index (χ1n) is 6.01. The van der Waals surface area contributed by atoms with Gasteiger partial charge in [-0.05, 0) is 12.1 Å². The maximum atomic E-state index is 11.9. The number of ether oxygens (including phenoxy) is 1. The van der Waals surface area contributed by atoms with E-state index in [0.29, 0.717) is 11.4 Å². The fourth-order valence-electron chi connectivity index (χ4n) is 1.53. The van der Waals surface area contributed by atoms with E-state index in [1.54, 1.807) is 18.2 Å². The molecule has 1 aromatic rings. The molecule has 0 aliphatic rings. The van der Waals surface area contributed by atoms with Gasteiger partial charge in [0.05, 0.1) is 0 Å². The minimum absolute atomic E-state index is 0.130. The lowest BCUT2D eigenvalue weighted by atomic mass is 10.3. The maximum absolute atomic E-state index is 11.9. The van der Waals surface area contributed by atoms with Crippen molar-refractivity contribution in [2.45, 2.75) is 13.8 Å². The Labute approximate surface area is 116 Å². The molecule has 0 bridgehead atoms. The second-order valence-corrected chi connectivity index (χ2v) is 4.01. The Morgan fingerprint density at radius 2 is 2.00 bits per heavy atom. The first-order chi connectivity index (χ1) is 9.43. The number of anilines is 1. The normalized spacial score (nSPS) is 9.75. The molecule has 108 valence electrons. The van der Waals surface area contributed by atoms with E-state index in [0.717, 1.165) is 4.90 Å². The van der Waals surface area contributed by atoms with Gasteiger partial charge in [0.15, 0.2) is 0 Å². The Morgan fingerprint density at radius 1 is 1.30 bits per heavy atom. The third-order valence-corrected chi connectivity index (χ3v) is 2.32. The number of benzene rings is 1. The molecule has 0 aromatic heterocycles. The van der Waals surface area contributed by atoms with E-state index in [4.69, 9.17) is 10.5 Å². The fraction of sp³-hybridized carbons (Fsp3) is 0.308. The van der Waals surface area contributed by atoms with E-state index in [9.17, 15) is 14.4 Å². The monoisotopic (exact) mass is 279 g/mol. The van der Waals surface area contributed by atoms with Crippen LogP contribution in [0.25, 0.3) is 0 Å². The molecule has 7 nitrogen and oxygen atoms in total. The molecular weight excluding hydrogens is 262 g/mol. The Bertz CT molecular complexity index is 516. The molecule has 0 aliphatic heterocycles. The largest absolute Gasteiger partial charge is 0.427 e. The molecule has 0 spiro atoms. The molecule has 0 saturated carbocycles. The quantitative estimate of drug-likeness (QED) is 0.631. The number of nitrogens with one attached hydrogen (secondary N) is 1. The number of rotatable bonds is 4. The molecule has 0 saturated heterocycles. The molecule has 0 heterocycles. The van der Waals surface area contributed by atoms with Crippen molar-refractivity contribution in [2.24, 2.45) is 5.73 Å². The Morgan fingerprint density at radius 3 is 2.55 bits per heavy atom. The smallest absolute Gasteiger partial charge is 0.328 e. The molecular formula is C13H17N3O4. The zero-order chi connectivity index (χ0) is 15.1. The first-order valence-corrected chi connectivity index (χ1v) is 6.01. The van der Waals surface area contributed by atoms with Gasteiger partial charge in [-0.1, -0.05) is 6.07 Å². The SMILES string of the molecule is CC(=O)Oc1cccc(NC(=O)N(CCN)C(C)=O)c1. The van der Waals surface area contributed by atoms with Gasteiger partial charge in [0.2, 0.25) is 5.91 Å². The van der Waals surface area contributed by atoms with E-state index < -0.39 is 17.9 Å². The van der Waals surface area contributed by atoms with Gasteiger partial charge in [-0.15, -0.1) is 0 Å². The van der Waals surface area contributed by atoms with Gasteiger partial charge in [-0.3, -0.25) is 14.5 Å². The number of hydrogen-bond donors (Lipinski definition) is 2. The molecule has 7 heteroatoms. The van der Waals surface area contributed by atoms with Gasteiger partial charge in [0.25, 0.3) is 0 Å². The molecule has 0 radical (unpaired) electrons. The van der Waals surface area contributed by atoms with Crippen molar-refractivity contribution in [3.63, 3.8) is 0 Å². The van der Waals surface area contributed by atoms with E-state index in [1.165, 1.54) is 19.9 Å². The highest BCUT2D eigenvalue weighted by atomic mass is 16.5. The molecule has 20 heavy (non-hydrogen) atoms. The number of carbonyl (C=O) groups is 3. The zero-order valence-electron chi connectivity index (χ0n) is 11.4. The summed E-state index contributed by atoms with van der Waals surface area (Å²) in [6.45, 7) is 2.87. The predicted molar refractivity (Wildman–Crippen MR) is 73.2 cm³/mol. The van der Waals surface area contributed by atoms with E-state index in [-0.39, 0.29) is 13.1 Å². The number of nitrogens with two attached hydrogens (primary N) is 1. The lowest BCUT2D eigenvalue weighted by Crippen LogP contribution is -2.41. The molecule has 1 rings (SSSR count). The van der Waals surface area contributed by atoms with Crippen LogP contribution >= 0.6 is 0 Å². The van der Waals surface area contributed by atoms with Gasteiger partial charge in [-0.2, -0.15) is 0 Å². The number of hydrogen-bond acceptors (Lipinski definition) is 5. The average molecular weight is 279 g/mol. The van der Waals surface area contributed by atoms with E-state index in [1.807, 2.05) is 0 Å². The van der Waals surface area contributed by atoms with Crippen molar-refractivity contribution >= 4 is 23.6 Å². The molecule has 0 aliphatic carbocycles. The third-order valence-electron chi connectivity index (χ3n) is 2.32. The second-order valence-electron chi connectivity index (χ2n) is 4.01. The van der Waals surface area contributed by atoms with Crippen molar-refractivity contribution in [1.82, 2.24) is 4.90 Å². The maximum Gasteiger partial charge on any atom is 0.328 e. The standard InChI is InChI=1S/C13H17N3O4/c1-9(17)16(7-6-14)13(19)15-11-4-3-5-12(8-11)20-10(2)18/h3-5,8H,6-7,14H2,1-2H3,(H,15,19). The van der Waals surface area contributed by atoms with Gasteiger partial charge < -0.3 is 15.8 Å². The highest BCUT2D eigenvalue weighted by Gasteiger charge is 2.17. The van der Waals surface area contributed by atoms with Crippen LogP contribution in [0.2, 0.25) is 0 Å². The Hall–Kier alpha value is -2.41. The highest BCUT2D eigenvalue weighted by Crippen LogP contribution is 2.17. The molecule has 1 aromatic carbocycles. The number of carbonyl (C=O) groups excluding carboxylic acids is 3. The van der Waals surface area contributed by atoms with Crippen molar-refractivity contribution in [3.05, 3.63) is 24.3 Å². The summed E-state index contributed by atoms with van der Waals surface area (Å²) in [6.07, 6.45) is 0. The Balaban J connectivity index is 2.78. The van der Waals surface area contributed by atoms with Gasteiger partial charge in [0, 0.05) is 38.7 Å². The van der Waals surface area contributed by atoms with Gasteiger partial charge >= 0.3 is 12.0 Å². The van der Waals surface area contributed by atoms with Crippen molar-refractivity contribution < 1.29 is 19.1 Å². The molecule has 3 amide bonds. The van der Waals surface area contributed by atoms with Crippen molar-refractivity contribution in [3.8, 4) is 5.75 Å². The summed E-state index contributed by atoms with van der Waals surface area (Å²) < 4.78 is 4.90. The van der Waals surface area contributed by atoms with E-state index in [2.05, 4.69) is 5.32 Å². The van der Waals surface area contributed by atoms with E-state index >= 15 is 0 Å². The molecule has 3 N–H and O–H groups in total. The number of urea groups is 1. The Kier molecular flexibility index (Phi) is 5.67. The number of imide groups is 1. The summed E-state index contributed by atoms with van der Waals surface area (Å²) in [5, 5.41) is 2.54. The van der Waals surface area contributed by atoms with Crippen LogP contribution in [0.15, 0.2) is 24.3 Å². The predicted octanol–water partition coefficient (Wildman–Crippen LogP) is 0.951. The highest BCUT2D eigenvalue weighted by molar-refractivity contribution is 6.00. The van der Waals surface area contributed by atoms with Crippen LogP contribution in [-0.2, 0) is 9.59 Å². The minimum atomic E-state index is -0.581. The molecule has 0 atom stereocenters. The summed E-state index contributed by atoms with van der Waals surface area (Å²) in [4.78, 5) is 35.1. The molecule has 0 unspecified atom stereocenters. The van der Waals surface area contributed by atoms with Crippen LogP contribution in [0, 0.1) is 0 Å². The molecule has 0 fully saturated rings. The average Bonchev–Trinajstić information content (AvgIpc) is 2.34. The van der Waals surface area contributed by atoms with Crippen LogP contribution in [0.5, 0.6) is 5.75 Å². The van der Waals surface area contributed by atoms with Crippen LogP contribution in [0.4, 0.5) is 10.5 Å². The van der Waals surface area contributed by atoms with Crippen LogP contribution in [0.1, 0.15) is 13.8 Å². The second kappa shape index (κ2) is 7.25. The summed E-state index contributed by atoms with van der Waals surface area (Å²) >= 11 is 0. The zero-order valence-corrected chi connectivity index (χ0v) is 11.4. The van der Waals surface area contributed by atoms with Crippen LogP contribution in [0.3, 0.4) is 0 Å². The van der Waals surface area contributed by atoms with Crippen molar-refractivity contribution in [1.29, 1.82) is 0 Å². The number of esters is 1. The summed E-state index contributed by atoms with van der Waals surface area (Å²) in [7, 11) is 0. The first kappa shape index (κ1) is 15.6. The summed E-state index contributed by atoms with van der Waals surface area (Å²) in [5.41, 5.74) is 5.76. The minimum Gasteiger partial charge on any atom is -0.427 e. The third kappa shape index (κ3) is 4.69. The fourth-order valence-corrected chi connectivity index (χ4v) is 1.53. The van der Waals surface area contributed by atoms with Crippen LogP contribution < -0.4 is 15.8 Å². The lowest BCUT2D eigenvalue weighted by molar-refractivity contribution is -0.132. The van der Waals surface area contributed by atoms with Gasteiger partial charge in [0.1, 0.15) is 5.75 Å². The topological polar surface area (TPSA) is 102 Å². The lowest BCUT2D eigenvalue weighted by Gasteiger charge is -2.18. The van der Waals surface area contributed by atoms with Crippen molar-refractivity contribution in [2.75, 3.05) is 18.4 Å². The van der Waals surface area contributed by atoms with Crippen LogP contribution in [-0.4, -0.2) is 35.9 Å². The summed E-state index contributed by atoms with van der Waals surface area (Å²) in [6, 6.07) is 5.73. The summed E-state index contributed by atoms with van der Waals surface area (Å²) in [5.74, 6) is -0.547. The number of amides is 3.